The third-order valence-electron chi connectivity index (χ3n) is 3.28. The minimum absolute atomic E-state index is 0.0120. The summed E-state index contributed by atoms with van der Waals surface area (Å²) in [6.07, 6.45) is 1.80. The molecule has 2 aromatic heterocycles. The highest BCUT2D eigenvalue weighted by atomic mass is 16.3. The molecule has 0 fully saturated rings. The number of hydrogen-bond donors (Lipinski definition) is 2. The molecule has 8 heteroatoms. The third-order valence-corrected chi connectivity index (χ3v) is 3.28. The van der Waals surface area contributed by atoms with Crippen molar-refractivity contribution in [2.45, 2.75) is 13.5 Å². The number of azo groups is 1. The summed E-state index contributed by atoms with van der Waals surface area (Å²) in [5.41, 5.74) is 1.04. The number of H-pyrrole nitrogens is 1. The molecule has 3 aromatic rings. The number of aromatic hydroxyl groups is 1. The molecule has 0 aliphatic rings. The number of hydrogen-bond acceptors (Lipinski definition) is 5. The van der Waals surface area contributed by atoms with Crippen LogP contribution in [0.15, 0.2) is 45.6 Å². The minimum Gasteiger partial charge on any atom is -0.506 e. The lowest BCUT2D eigenvalue weighted by Gasteiger charge is -1.96. The van der Waals surface area contributed by atoms with E-state index in [0.717, 1.165) is 0 Å². The summed E-state index contributed by atoms with van der Waals surface area (Å²) in [4.78, 5) is 19.0. The molecule has 0 amide bonds. The summed E-state index contributed by atoms with van der Waals surface area (Å²) < 4.78 is 3.57. The number of phenols is 1. The molecule has 22 heavy (non-hydrogen) atoms. The second-order valence-electron chi connectivity index (χ2n) is 4.76. The number of aromatic amines is 1. The lowest BCUT2D eigenvalue weighted by molar-refractivity contribution is -0.646. The first kappa shape index (κ1) is 13.9. The molecule has 0 radical (unpaired) electrons. The van der Waals surface area contributed by atoms with Gasteiger partial charge >= 0.3 is 5.56 Å². The molecule has 0 atom stereocenters. The van der Waals surface area contributed by atoms with Crippen molar-refractivity contribution in [2.24, 2.45) is 17.3 Å². The molecular formula is C14H15N6O2+. The quantitative estimate of drug-likeness (QED) is 0.568. The SMILES string of the molecule is CCn1c[n+](C)c2c(=O)[nH]c(/N=N/c3ccccc3O)nc21. The van der Waals surface area contributed by atoms with Gasteiger partial charge in [-0.3, -0.25) is 9.78 Å². The van der Waals surface area contributed by atoms with E-state index in [0.29, 0.717) is 23.4 Å². The topological polar surface area (TPSA) is 99.5 Å². The Labute approximate surface area is 125 Å². The Balaban J connectivity index is 2.09. The highest BCUT2D eigenvalue weighted by Crippen LogP contribution is 2.26. The zero-order chi connectivity index (χ0) is 15.7. The molecule has 0 spiro atoms. The zero-order valence-corrected chi connectivity index (χ0v) is 12.2. The maximum Gasteiger partial charge on any atom is 0.304 e. The van der Waals surface area contributed by atoms with Crippen LogP contribution >= 0.6 is 0 Å². The van der Waals surface area contributed by atoms with Crippen LogP contribution in [-0.4, -0.2) is 19.6 Å². The van der Waals surface area contributed by atoms with Gasteiger partial charge in [0.05, 0.1) is 13.6 Å². The number of aromatic nitrogens is 4. The van der Waals surface area contributed by atoms with Crippen molar-refractivity contribution in [3.63, 3.8) is 0 Å². The number of aryl methyl sites for hydroxylation is 2. The first-order valence-electron chi connectivity index (χ1n) is 6.78. The smallest absolute Gasteiger partial charge is 0.304 e. The van der Waals surface area contributed by atoms with Crippen LogP contribution in [0.1, 0.15) is 6.92 Å². The Morgan fingerprint density at radius 1 is 1.36 bits per heavy atom. The fraction of sp³-hybridized carbons (Fsp3) is 0.214. The standard InChI is InChI=1S/C14H14N6O2/c1-3-20-8-19(2)11-12(20)15-14(16-13(11)22)18-17-9-6-4-5-7-10(9)21/h4-8H,3H2,1-2H3,(H-,15,16,18,21,22)/p+1. The van der Waals surface area contributed by atoms with Crippen molar-refractivity contribution in [1.82, 2.24) is 14.5 Å². The van der Waals surface area contributed by atoms with Gasteiger partial charge in [0.2, 0.25) is 6.33 Å². The highest BCUT2D eigenvalue weighted by molar-refractivity contribution is 5.66. The predicted molar refractivity (Wildman–Crippen MR) is 79.5 cm³/mol. The van der Waals surface area contributed by atoms with Gasteiger partial charge in [0.25, 0.3) is 17.1 Å². The normalized spacial score (nSPS) is 11.5. The molecule has 0 unspecified atom stereocenters. The van der Waals surface area contributed by atoms with E-state index >= 15 is 0 Å². The van der Waals surface area contributed by atoms with E-state index in [1.807, 2.05) is 11.5 Å². The monoisotopic (exact) mass is 299 g/mol. The van der Waals surface area contributed by atoms with E-state index in [4.69, 9.17) is 0 Å². The minimum atomic E-state index is -0.286. The predicted octanol–water partition coefficient (Wildman–Crippen LogP) is 1.69. The van der Waals surface area contributed by atoms with Gasteiger partial charge in [0.1, 0.15) is 11.4 Å². The van der Waals surface area contributed by atoms with E-state index in [9.17, 15) is 9.90 Å². The van der Waals surface area contributed by atoms with Gasteiger partial charge in [0.15, 0.2) is 0 Å². The molecule has 112 valence electrons. The summed E-state index contributed by atoms with van der Waals surface area (Å²) in [5.74, 6) is 0.104. The molecule has 0 saturated heterocycles. The van der Waals surface area contributed by atoms with Crippen LogP contribution in [0.3, 0.4) is 0 Å². The Morgan fingerprint density at radius 3 is 2.86 bits per heavy atom. The number of para-hydroxylation sites is 1. The average Bonchev–Trinajstić information content (AvgIpc) is 2.83. The fourth-order valence-corrected chi connectivity index (χ4v) is 2.21. The summed E-state index contributed by atoms with van der Waals surface area (Å²) in [5, 5.41) is 17.5. The molecule has 2 N–H and O–H groups in total. The van der Waals surface area contributed by atoms with Crippen LogP contribution in [0.2, 0.25) is 0 Å². The van der Waals surface area contributed by atoms with Crippen molar-refractivity contribution in [2.75, 3.05) is 0 Å². The van der Waals surface area contributed by atoms with Crippen LogP contribution in [0.25, 0.3) is 11.2 Å². The second kappa shape index (κ2) is 5.40. The maximum absolute atomic E-state index is 12.1. The Kier molecular flexibility index (Phi) is 3.42. The van der Waals surface area contributed by atoms with Crippen LogP contribution in [0, 0.1) is 0 Å². The summed E-state index contributed by atoms with van der Waals surface area (Å²) in [7, 11) is 1.79. The van der Waals surface area contributed by atoms with Gasteiger partial charge in [-0.05, 0) is 19.1 Å². The first-order valence-corrected chi connectivity index (χ1v) is 6.78. The maximum atomic E-state index is 12.1. The number of imidazole rings is 1. The van der Waals surface area contributed by atoms with E-state index < -0.39 is 0 Å². The van der Waals surface area contributed by atoms with E-state index in [1.165, 1.54) is 6.07 Å². The molecule has 0 aliphatic carbocycles. The Morgan fingerprint density at radius 2 is 2.14 bits per heavy atom. The number of fused-ring (bicyclic) bond motifs is 1. The average molecular weight is 299 g/mol. The highest BCUT2D eigenvalue weighted by Gasteiger charge is 2.18. The lowest BCUT2D eigenvalue weighted by Crippen LogP contribution is -2.31. The number of phenolic OH excluding ortho intramolecular Hbond substituents is 1. The Bertz CT molecular complexity index is 925. The zero-order valence-electron chi connectivity index (χ0n) is 12.2. The van der Waals surface area contributed by atoms with Gasteiger partial charge < -0.3 is 5.11 Å². The van der Waals surface area contributed by atoms with E-state index in [1.54, 1.807) is 36.1 Å². The summed E-state index contributed by atoms with van der Waals surface area (Å²) >= 11 is 0. The first-order chi connectivity index (χ1) is 10.6. The van der Waals surface area contributed by atoms with Crippen molar-refractivity contribution >= 4 is 22.8 Å². The van der Waals surface area contributed by atoms with Crippen molar-refractivity contribution in [1.29, 1.82) is 0 Å². The number of rotatable bonds is 3. The molecular weight excluding hydrogens is 284 g/mol. The van der Waals surface area contributed by atoms with E-state index in [-0.39, 0.29) is 17.3 Å². The number of benzene rings is 1. The lowest BCUT2D eigenvalue weighted by atomic mass is 10.3. The molecule has 0 bridgehead atoms. The summed E-state index contributed by atoms with van der Waals surface area (Å²) in [6.45, 7) is 2.65. The molecule has 0 saturated carbocycles. The second-order valence-corrected chi connectivity index (χ2v) is 4.76. The molecule has 2 heterocycles. The van der Waals surface area contributed by atoms with Gasteiger partial charge in [0, 0.05) is 0 Å². The van der Waals surface area contributed by atoms with Gasteiger partial charge in [-0.25, -0.2) is 9.13 Å². The number of nitrogens with zero attached hydrogens (tertiary/aromatic N) is 5. The van der Waals surface area contributed by atoms with Crippen molar-refractivity contribution in [3.05, 3.63) is 40.9 Å². The van der Waals surface area contributed by atoms with Gasteiger partial charge in [-0.1, -0.05) is 12.1 Å². The summed E-state index contributed by atoms with van der Waals surface area (Å²) in [6, 6.07) is 6.55. The van der Waals surface area contributed by atoms with Crippen molar-refractivity contribution < 1.29 is 9.67 Å². The fourth-order valence-electron chi connectivity index (χ4n) is 2.21. The molecule has 1 aromatic carbocycles. The van der Waals surface area contributed by atoms with E-state index in [2.05, 4.69) is 20.2 Å². The van der Waals surface area contributed by atoms with Gasteiger partial charge in [-0.15, -0.1) is 10.2 Å². The van der Waals surface area contributed by atoms with Crippen LogP contribution < -0.4 is 10.1 Å². The number of nitrogens with one attached hydrogen (secondary N) is 1. The molecule has 0 aliphatic heterocycles. The third kappa shape index (κ3) is 2.34. The molecule has 3 rings (SSSR count). The largest absolute Gasteiger partial charge is 0.506 e. The van der Waals surface area contributed by atoms with Gasteiger partial charge in [-0.2, -0.15) is 4.98 Å². The van der Waals surface area contributed by atoms with Crippen LogP contribution in [-0.2, 0) is 13.6 Å². The van der Waals surface area contributed by atoms with Crippen LogP contribution in [0.4, 0.5) is 11.6 Å². The molecule has 8 nitrogen and oxygen atoms in total. The van der Waals surface area contributed by atoms with Crippen LogP contribution in [0.5, 0.6) is 5.75 Å². The van der Waals surface area contributed by atoms with Crippen molar-refractivity contribution in [3.8, 4) is 5.75 Å². The Hall–Kier alpha value is -3.03.